The van der Waals surface area contributed by atoms with Crippen LogP contribution in [0.4, 0.5) is 10.6 Å². The third-order valence-electron chi connectivity index (χ3n) is 7.71. The van der Waals surface area contributed by atoms with Crippen molar-refractivity contribution in [2.75, 3.05) is 31.1 Å². The van der Waals surface area contributed by atoms with Crippen LogP contribution in [0, 0.1) is 0 Å². The lowest BCUT2D eigenvalue weighted by Crippen LogP contribution is -2.59. The molecule has 2 unspecified atom stereocenters. The molecule has 3 amide bonds. The van der Waals surface area contributed by atoms with Crippen LogP contribution < -0.4 is 10.2 Å². The second-order valence-electron chi connectivity index (χ2n) is 12.0. The molecule has 9 nitrogen and oxygen atoms in total. The zero-order valence-electron chi connectivity index (χ0n) is 24.8. The Hall–Kier alpha value is -4.11. The zero-order valence-corrected chi connectivity index (χ0v) is 25.6. The molecule has 43 heavy (non-hydrogen) atoms. The van der Waals surface area contributed by atoms with Gasteiger partial charge in [0.1, 0.15) is 23.5 Å². The van der Waals surface area contributed by atoms with E-state index in [0.717, 1.165) is 22.5 Å². The number of rotatable bonds is 6. The number of aromatic nitrogens is 1. The van der Waals surface area contributed by atoms with Crippen molar-refractivity contribution in [3.8, 4) is 0 Å². The number of carbonyl (C=O) groups excluding carboxylic acids is 3. The molecule has 1 aromatic heterocycles. The van der Waals surface area contributed by atoms with Crippen LogP contribution in [0.2, 0.25) is 5.02 Å². The summed E-state index contributed by atoms with van der Waals surface area (Å²) in [7, 11) is 0. The Kier molecular flexibility index (Phi) is 9.20. The van der Waals surface area contributed by atoms with Crippen molar-refractivity contribution in [1.29, 1.82) is 0 Å². The predicted octanol–water partition coefficient (Wildman–Crippen LogP) is 4.47. The molecule has 2 aliphatic heterocycles. The van der Waals surface area contributed by atoms with E-state index in [1.54, 1.807) is 44.0 Å². The van der Waals surface area contributed by atoms with Crippen LogP contribution in [0.25, 0.3) is 0 Å². The fourth-order valence-electron chi connectivity index (χ4n) is 5.51. The highest BCUT2D eigenvalue weighted by Gasteiger charge is 2.39. The number of hydrogen-bond acceptors (Lipinski definition) is 6. The minimum Gasteiger partial charge on any atom is -0.444 e. The molecule has 0 bridgehead atoms. The minimum atomic E-state index is -0.828. The molecule has 226 valence electrons. The lowest BCUT2D eigenvalue weighted by molar-refractivity contribution is -0.138. The Morgan fingerprint density at radius 3 is 2.28 bits per heavy atom. The van der Waals surface area contributed by atoms with Crippen molar-refractivity contribution < 1.29 is 19.1 Å². The van der Waals surface area contributed by atoms with Gasteiger partial charge in [-0.3, -0.25) is 14.5 Å². The maximum atomic E-state index is 14.0. The quantitative estimate of drug-likeness (QED) is 0.447. The van der Waals surface area contributed by atoms with E-state index in [0.29, 0.717) is 37.6 Å². The maximum Gasteiger partial charge on any atom is 0.411 e. The van der Waals surface area contributed by atoms with Gasteiger partial charge >= 0.3 is 6.09 Å². The molecule has 1 N–H and O–H groups in total. The molecule has 0 radical (unpaired) electrons. The van der Waals surface area contributed by atoms with Crippen LogP contribution in [0.15, 0.2) is 72.9 Å². The topological polar surface area (TPSA) is 95.1 Å². The lowest BCUT2D eigenvalue weighted by Gasteiger charge is -2.39. The zero-order chi connectivity index (χ0) is 30.6. The van der Waals surface area contributed by atoms with Gasteiger partial charge in [-0.15, -0.1) is 0 Å². The summed E-state index contributed by atoms with van der Waals surface area (Å²) >= 11 is 6.11. The van der Waals surface area contributed by atoms with Gasteiger partial charge in [-0.1, -0.05) is 54.1 Å². The van der Waals surface area contributed by atoms with Crippen molar-refractivity contribution in [3.05, 3.63) is 94.6 Å². The van der Waals surface area contributed by atoms with Gasteiger partial charge in [0.25, 0.3) is 0 Å². The number of pyridine rings is 1. The van der Waals surface area contributed by atoms with Gasteiger partial charge in [0.15, 0.2) is 0 Å². The van der Waals surface area contributed by atoms with Gasteiger partial charge in [-0.05, 0) is 61.7 Å². The Labute approximate surface area is 257 Å². The molecule has 0 spiro atoms. The molecule has 3 heterocycles. The summed E-state index contributed by atoms with van der Waals surface area (Å²) in [6, 6.07) is 19.2. The summed E-state index contributed by atoms with van der Waals surface area (Å²) in [5.41, 5.74) is 2.11. The van der Waals surface area contributed by atoms with E-state index in [1.165, 1.54) is 4.90 Å². The molecule has 5 rings (SSSR count). The average Bonchev–Trinajstić information content (AvgIpc) is 3.00. The molecule has 1 saturated heterocycles. The van der Waals surface area contributed by atoms with Crippen LogP contribution >= 0.6 is 11.6 Å². The number of benzene rings is 2. The molecular formula is C33H38ClN5O4. The normalized spacial score (nSPS) is 17.6. The first kappa shape index (κ1) is 30.4. The van der Waals surface area contributed by atoms with Crippen molar-refractivity contribution in [2.45, 2.75) is 57.8 Å². The van der Waals surface area contributed by atoms with E-state index in [9.17, 15) is 14.4 Å². The highest BCUT2D eigenvalue weighted by Crippen LogP contribution is 2.26. The minimum absolute atomic E-state index is 0.163. The Balaban J connectivity index is 1.36. The van der Waals surface area contributed by atoms with Gasteiger partial charge in [0.2, 0.25) is 11.8 Å². The van der Waals surface area contributed by atoms with Crippen molar-refractivity contribution in [2.24, 2.45) is 0 Å². The molecule has 2 atom stereocenters. The standard InChI is InChI=1S/C33H38ClN5O4/c1-33(2,3)43-32(42)39-22-25-9-5-4-8-24(25)21-28(39)30(40)36-27(20-23-11-13-26(34)14-12-23)31(41)38-18-16-37(17-19-38)29-10-6-7-15-35-29/h4-15,27-28H,16-22H2,1-3H3,(H,36,40). The second-order valence-corrected chi connectivity index (χ2v) is 12.4. The fourth-order valence-corrected chi connectivity index (χ4v) is 5.64. The van der Waals surface area contributed by atoms with Gasteiger partial charge in [-0.2, -0.15) is 0 Å². The number of nitrogens with zero attached hydrogens (tertiary/aromatic N) is 4. The first-order valence-electron chi connectivity index (χ1n) is 14.6. The molecule has 2 aromatic carbocycles. The summed E-state index contributed by atoms with van der Waals surface area (Å²) in [5, 5.41) is 3.62. The number of ether oxygens (including phenoxy) is 1. The van der Waals surface area contributed by atoms with Crippen molar-refractivity contribution in [3.63, 3.8) is 0 Å². The molecule has 0 saturated carbocycles. The largest absolute Gasteiger partial charge is 0.444 e. The fraction of sp³-hybridized carbons (Fsp3) is 0.394. The molecule has 0 aliphatic carbocycles. The third-order valence-corrected chi connectivity index (χ3v) is 7.96. The van der Waals surface area contributed by atoms with Gasteiger partial charge in [0.05, 0.1) is 6.54 Å². The molecule has 10 heteroatoms. The number of nitrogens with one attached hydrogen (secondary N) is 1. The van der Waals surface area contributed by atoms with E-state index in [4.69, 9.17) is 16.3 Å². The highest BCUT2D eigenvalue weighted by molar-refractivity contribution is 6.30. The van der Waals surface area contributed by atoms with Gasteiger partial charge in [-0.25, -0.2) is 9.78 Å². The van der Waals surface area contributed by atoms with Gasteiger partial charge < -0.3 is 19.9 Å². The number of halogens is 1. The van der Waals surface area contributed by atoms with Crippen molar-refractivity contribution in [1.82, 2.24) is 20.1 Å². The Morgan fingerprint density at radius 2 is 1.63 bits per heavy atom. The molecular weight excluding hydrogens is 566 g/mol. The average molecular weight is 604 g/mol. The van der Waals surface area contributed by atoms with Gasteiger partial charge in [0, 0.05) is 50.2 Å². The highest BCUT2D eigenvalue weighted by atomic mass is 35.5. The van der Waals surface area contributed by atoms with Crippen LogP contribution in [0.5, 0.6) is 0 Å². The van der Waals surface area contributed by atoms with E-state index in [1.807, 2.05) is 54.6 Å². The number of anilines is 1. The second kappa shape index (κ2) is 13.0. The molecule has 2 aliphatic rings. The van der Waals surface area contributed by atoms with E-state index in [2.05, 4.69) is 15.2 Å². The molecule has 1 fully saturated rings. The summed E-state index contributed by atoms with van der Waals surface area (Å²) in [6.07, 6.45) is 1.81. The lowest BCUT2D eigenvalue weighted by atomic mass is 9.93. The maximum absolute atomic E-state index is 14.0. The number of hydrogen-bond donors (Lipinski definition) is 1. The monoisotopic (exact) mass is 603 g/mol. The molecule has 3 aromatic rings. The third kappa shape index (κ3) is 7.65. The van der Waals surface area contributed by atoms with Crippen LogP contribution in [0.3, 0.4) is 0 Å². The number of carbonyl (C=O) groups is 3. The summed E-state index contributed by atoms with van der Waals surface area (Å²) in [5.74, 6) is 0.323. The number of amides is 3. The van der Waals surface area contributed by atoms with E-state index < -0.39 is 23.8 Å². The van der Waals surface area contributed by atoms with E-state index >= 15 is 0 Å². The summed E-state index contributed by atoms with van der Waals surface area (Å²) in [4.78, 5) is 51.1. The van der Waals surface area contributed by atoms with Crippen molar-refractivity contribution >= 4 is 35.3 Å². The van der Waals surface area contributed by atoms with Crippen LogP contribution in [-0.4, -0.2) is 76.6 Å². The Bertz CT molecular complexity index is 1440. The SMILES string of the molecule is CC(C)(C)OC(=O)N1Cc2ccccc2CC1C(=O)NC(Cc1ccc(Cl)cc1)C(=O)N1CCN(c2ccccn2)CC1. The number of piperazine rings is 1. The number of fused-ring (bicyclic) bond motifs is 1. The summed E-state index contributed by atoms with van der Waals surface area (Å²) in [6.45, 7) is 7.91. The van der Waals surface area contributed by atoms with Crippen LogP contribution in [-0.2, 0) is 33.7 Å². The smallest absolute Gasteiger partial charge is 0.411 e. The first-order valence-corrected chi connectivity index (χ1v) is 15.0. The van der Waals surface area contributed by atoms with E-state index in [-0.39, 0.29) is 24.8 Å². The Morgan fingerprint density at radius 1 is 0.953 bits per heavy atom. The summed E-state index contributed by atoms with van der Waals surface area (Å²) < 4.78 is 5.68. The van der Waals surface area contributed by atoms with Crippen LogP contribution in [0.1, 0.15) is 37.5 Å². The predicted molar refractivity (Wildman–Crippen MR) is 166 cm³/mol. The first-order chi connectivity index (χ1) is 20.6.